The van der Waals surface area contributed by atoms with Gasteiger partial charge in [0.25, 0.3) is 0 Å². The predicted molar refractivity (Wildman–Crippen MR) is 68.2 cm³/mol. The van der Waals surface area contributed by atoms with Crippen molar-refractivity contribution in [2.75, 3.05) is 5.32 Å². The van der Waals surface area contributed by atoms with Gasteiger partial charge in [-0.3, -0.25) is 0 Å². The van der Waals surface area contributed by atoms with Crippen LogP contribution in [0.4, 0.5) is 14.6 Å². The first kappa shape index (κ1) is 12.9. The first-order valence-corrected chi connectivity index (χ1v) is 6.03. The highest BCUT2D eigenvalue weighted by Crippen LogP contribution is 2.14. The molecule has 2 aromatic rings. The van der Waals surface area contributed by atoms with Crippen molar-refractivity contribution in [1.29, 1.82) is 0 Å². The molecule has 0 aliphatic rings. The SMILES string of the molecule is Cc1nc(Br)cc(NCc2ccc(F)c(F)c2)n1. The Balaban J connectivity index is 2.08. The molecule has 0 spiro atoms. The second-order valence-electron chi connectivity index (χ2n) is 3.73. The van der Waals surface area contributed by atoms with Gasteiger partial charge in [-0.25, -0.2) is 18.7 Å². The smallest absolute Gasteiger partial charge is 0.159 e. The van der Waals surface area contributed by atoms with Crippen LogP contribution in [0.25, 0.3) is 0 Å². The van der Waals surface area contributed by atoms with Crippen molar-refractivity contribution in [3.05, 3.63) is 51.9 Å². The van der Waals surface area contributed by atoms with Crippen LogP contribution in [-0.4, -0.2) is 9.97 Å². The molecule has 18 heavy (non-hydrogen) atoms. The summed E-state index contributed by atoms with van der Waals surface area (Å²) in [5.41, 5.74) is 0.640. The van der Waals surface area contributed by atoms with Crippen molar-refractivity contribution >= 4 is 21.7 Å². The summed E-state index contributed by atoms with van der Waals surface area (Å²) in [5.74, 6) is -0.454. The summed E-state index contributed by atoms with van der Waals surface area (Å²) < 4.78 is 26.4. The van der Waals surface area contributed by atoms with Gasteiger partial charge in [0.2, 0.25) is 0 Å². The number of rotatable bonds is 3. The fraction of sp³-hybridized carbons (Fsp3) is 0.167. The zero-order valence-electron chi connectivity index (χ0n) is 9.54. The van der Waals surface area contributed by atoms with Gasteiger partial charge in [0.15, 0.2) is 11.6 Å². The quantitative estimate of drug-likeness (QED) is 0.882. The Morgan fingerprint density at radius 3 is 2.61 bits per heavy atom. The van der Waals surface area contributed by atoms with Crippen LogP contribution >= 0.6 is 15.9 Å². The molecule has 94 valence electrons. The van der Waals surface area contributed by atoms with Crippen LogP contribution < -0.4 is 5.32 Å². The average molecular weight is 314 g/mol. The summed E-state index contributed by atoms with van der Waals surface area (Å²) in [4.78, 5) is 8.24. The zero-order chi connectivity index (χ0) is 13.1. The molecule has 0 aliphatic heterocycles. The molecule has 2 rings (SSSR count). The van der Waals surface area contributed by atoms with E-state index < -0.39 is 11.6 Å². The lowest BCUT2D eigenvalue weighted by Gasteiger charge is -2.07. The third-order valence-corrected chi connectivity index (χ3v) is 2.67. The van der Waals surface area contributed by atoms with Crippen molar-refractivity contribution in [2.24, 2.45) is 0 Å². The summed E-state index contributed by atoms with van der Waals surface area (Å²) in [6.07, 6.45) is 0. The normalized spacial score (nSPS) is 10.4. The molecule has 0 unspecified atom stereocenters. The van der Waals surface area contributed by atoms with Crippen LogP contribution in [0.5, 0.6) is 0 Å². The molecule has 3 nitrogen and oxygen atoms in total. The molecule has 1 aromatic heterocycles. The number of nitrogens with zero attached hydrogens (tertiary/aromatic N) is 2. The minimum absolute atomic E-state index is 0.361. The molecule has 0 amide bonds. The maximum absolute atomic E-state index is 13.0. The van der Waals surface area contributed by atoms with Crippen molar-refractivity contribution in [3.8, 4) is 0 Å². The van der Waals surface area contributed by atoms with E-state index in [0.29, 0.717) is 28.4 Å². The molecule has 0 saturated carbocycles. The van der Waals surface area contributed by atoms with E-state index in [0.717, 1.165) is 12.1 Å². The number of benzene rings is 1. The van der Waals surface area contributed by atoms with Crippen LogP contribution in [0, 0.1) is 18.6 Å². The van der Waals surface area contributed by atoms with E-state index in [1.807, 2.05) is 0 Å². The summed E-state index contributed by atoms with van der Waals surface area (Å²) >= 11 is 3.26. The second kappa shape index (κ2) is 5.39. The van der Waals surface area contributed by atoms with E-state index in [-0.39, 0.29) is 0 Å². The average Bonchev–Trinajstić information content (AvgIpc) is 2.29. The Kier molecular flexibility index (Phi) is 3.86. The number of nitrogens with one attached hydrogen (secondary N) is 1. The fourth-order valence-corrected chi connectivity index (χ4v) is 1.94. The number of hydrogen-bond donors (Lipinski definition) is 1. The van der Waals surface area contributed by atoms with Crippen LogP contribution in [0.1, 0.15) is 11.4 Å². The van der Waals surface area contributed by atoms with Gasteiger partial charge in [-0.15, -0.1) is 0 Å². The first-order chi connectivity index (χ1) is 8.54. The molecule has 1 N–H and O–H groups in total. The van der Waals surface area contributed by atoms with Gasteiger partial charge in [0.05, 0.1) is 0 Å². The maximum atomic E-state index is 13.0. The topological polar surface area (TPSA) is 37.8 Å². The van der Waals surface area contributed by atoms with Gasteiger partial charge in [-0.1, -0.05) is 6.07 Å². The molecule has 0 fully saturated rings. The minimum atomic E-state index is -0.852. The molecule has 6 heteroatoms. The molecule has 0 atom stereocenters. The zero-order valence-corrected chi connectivity index (χ0v) is 11.1. The van der Waals surface area contributed by atoms with Crippen molar-refractivity contribution < 1.29 is 8.78 Å². The second-order valence-corrected chi connectivity index (χ2v) is 4.54. The van der Waals surface area contributed by atoms with Crippen LogP contribution in [0.2, 0.25) is 0 Å². The summed E-state index contributed by atoms with van der Waals surface area (Å²) in [6.45, 7) is 2.13. The Bertz CT molecular complexity index is 555. The van der Waals surface area contributed by atoms with Gasteiger partial charge in [-0.05, 0) is 40.5 Å². The van der Waals surface area contributed by atoms with Gasteiger partial charge in [-0.2, -0.15) is 0 Å². The van der Waals surface area contributed by atoms with E-state index in [9.17, 15) is 8.78 Å². The Hall–Kier alpha value is -1.56. The minimum Gasteiger partial charge on any atom is -0.366 e. The third-order valence-electron chi connectivity index (χ3n) is 2.26. The molecule has 0 radical (unpaired) electrons. The van der Waals surface area contributed by atoms with Gasteiger partial charge in [0, 0.05) is 12.6 Å². The number of hydrogen-bond acceptors (Lipinski definition) is 3. The van der Waals surface area contributed by atoms with Gasteiger partial charge in [0.1, 0.15) is 16.2 Å². The Labute approximate surface area is 111 Å². The highest BCUT2D eigenvalue weighted by atomic mass is 79.9. The van der Waals surface area contributed by atoms with E-state index in [1.54, 1.807) is 13.0 Å². The summed E-state index contributed by atoms with van der Waals surface area (Å²) in [7, 11) is 0. The lowest BCUT2D eigenvalue weighted by atomic mass is 10.2. The van der Waals surface area contributed by atoms with Crippen molar-refractivity contribution in [3.63, 3.8) is 0 Å². The number of aromatic nitrogens is 2. The standard InChI is InChI=1S/C12H10BrF2N3/c1-7-17-11(13)5-12(18-7)16-6-8-2-3-9(14)10(15)4-8/h2-5H,6H2,1H3,(H,16,17,18). The number of halogens is 3. The fourth-order valence-electron chi connectivity index (χ4n) is 1.46. The highest BCUT2D eigenvalue weighted by molar-refractivity contribution is 9.10. The summed E-state index contributed by atoms with van der Waals surface area (Å²) in [5, 5.41) is 3.02. The first-order valence-electron chi connectivity index (χ1n) is 5.23. The molecule has 1 aromatic carbocycles. The number of aryl methyl sites for hydroxylation is 1. The van der Waals surface area contributed by atoms with Crippen molar-refractivity contribution in [2.45, 2.75) is 13.5 Å². The van der Waals surface area contributed by atoms with Crippen LogP contribution in [0.3, 0.4) is 0 Å². The van der Waals surface area contributed by atoms with Gasteiger partial charge >= 0.3 is 0 Å². The van der Waals surface area contributed by atoms with E-state index in [4.69, 9.17) is 0 Å². The monoisotopic (exact) mass is 313 g/mol. The largest absolute Gasteiger partial charge is 0.366 e. The van der Waals surface area contributed by atoms with Crippen LogP contribution in [0.15, 0.2) is 28.9 Å². The molecule has 0 aliphatic carbocycles. The lowest BCUT2D eigenvalue weighted by Crippen LogP contribution is -2.03. The maximum Gasteiger partial charge on any atom is 0.159 e. The third kappa shape index (κ3) is 3.22. The molecular weight excluding hydrogens is 304 g/mol. The molecular formula is C12H10BrF2N3. The Morgan fingerprint density at radius 1 is 1.17 bits per heavy atom. The van der Waals surface area contributed by atoms with E-state index in [2.05, 4.69) is 31.2 Å². The molecule has 1 heterocycles. The van der Waals surface area contributed by atoms with Crippen LogP contribution in [-0.2, 0) is 6.54 Å². The Morgan fingerprint density at radius 2 is 1.94 bits per heavy atom. The predicted octanol–water partition coefficient (Wildman–Crippen LogP) is 3.44. The molecule has 0 saturated heterocycles. The highest BCUT2D eigenvalue weighted by Gasteiger charge is 2.03. The van der Waals surface area contributed by atoms with Crippen molar-refractivity contribution in [1.82, 2.24) is 9.97 Å². The van der Waals surface area contributed by atoms with E-state index >= 15 is 0 Å². The lowest BCUT2D eigenvalue weighted by molar-refractivity contribution is 0.507. The van der Waals surface area contributed by atoms with E-state index in [1.165, 1.54) is 6.07 Å². The number of anilines is 1. The van der Waals surface area contributed by atoms with Gasteiger partial charge < -0.3 is 5.32 Å². The molecule has 0 bridgehead atoms. The summed E-state index contributed by atoms with van der Waals surface area (Å²) in [6, 6.07) is 5.50.